The smallest absolute Gasteiger partial charge is 0.222 e. The second kappa shape index (κ2) is 9.24. The number of hydrogen-bond acceptors (Lipinski definition) is 2. The van der Waals surface area contributed by atoms with E-state index in [9.17, 15) is 0 Å². The Morgan fingerprint density at radius 2 is 1.76 bits per heavy atom. The molecule has 0 bridgehead atoms. The van der Waals surface area contributed by atoms with Gasteiger partial charge < -0.3 is 0 Å². The molecule has 0 unspecified atom stereocenters. The van der Waals surface area contributed by atoms with Gasteiger partial charge in [0.25, 0.3) is 0 Å². The van der Waals surface area contributed by atoms with Crippen molar-refractivity contribution in [3.05, 3.63) is 62.5 Å². The summed E-state index contributed by atoms with van der Waals surface area (Å²) in [5.74, 6) is 0. The predicted octanol–water partition coefficient (Wildman–Crippen LogP) is 3.68. The van der Waals surface area contributed by atoms with Crippen LogP contribution in [0.2, 0.25) is 0 Å². The van der Waals surface area contributed by atoms with E-state index in [-0.39, 0.29) is 5.29 Å². The van der Waals surface area contributed by atoms with Crippen molar-refractivity contribution in [1.82, 2.24) is 0 Å². The standard InChI is InChI=1S/C13H14ClN3/c1-5-9-11(10-15-7-3)12(6-2)17-13(14)16-8-4/h5-10H,1-4H2/b11-9+,15-10?,16-13?,17-12?. The molecule has 0 aliphatic heterocycles. The van der Waals surface area contributed by atoms with Gasteiger partial charge in [0.2, 0.25) is 5.29 Å². The van der Waals surface area contributed by atoms with Crippen molar-refractivity contribution in [3.8, 4) is 0 Å². The van der Waals surface area contributed by atoms with Gasteiger partial charge in [0.1, 0.15) is 0 Å². The minimum absolute atomic E-state index is 0.0665. The maximum absolute atomic E-state index is 5.76. The van der Waals surface area contributed by atoms with Gasteiger partial charge in [0, 0.05) is 24.2 Å². The van der Waals surface area contributed by atoms with Crippen LogP contribution in [0.15, 0.2) is 77.5 Å². The van der Waals surface area contributed by atoms with Gasteiger partial charge in [-0.3, -0.25) is 4.99 Å². The fourth-order valence-corrected chi connectivity index (χ4v) is 1.05. The average molecular weight is 248 g/mol. The lowest BCUT2D eigenvalue weighted by atomic mass is 10.1. The lowest BCUT2D eigenvalue weighted by Gasteiger charge is -2.00. The van der Waals surface area contributed by atoms with Crippen molar-refractivity contribution in [2.75, 3.05) is 0 Å². The van der Waals surface area contributed by atoms with Gasteiger partial charge in [0.15, 0.2) is 0 Å². The first-order chi connectivity index (χ1) is 8.19. The number of halogens is 1. The van der Waals surface area contributed by atoms with Crippen molar-refractivity contribution < 1.29 is 0 Å². The number of hydrogen-bond donors (Lipinski definition) is 0. The molecular formula is C13H14ClN3. The van der Waals surface area contributed by atoms with E-state index in [4.69, 9.17) is 11.6 Å². The molecule has 3 nitrogen and oxygen atoms in total. The van der Waals surface area contributed by atoms with E-state index in [1.165, 1.54) is 12.4 Å². The van der Waals surface area contributed by atoms with Gasteiger partial charge in [-0.15, -0.1) is 0 Å². The predicted molar refractivity (Wildman–Crippen MR) is 78.1 cm³/mol. The third-order valence-electron chi connectivity index (χ3n) is 1.52. The molecule has 0 heterocycles. The van der Waals surface area contributed by atoms with E-state index in [0.717, 1.165) is 0 Å². The summed E-state index contributed by atoms with van der Waals surface area (Å²) in [7, 11) is 0. The third kappa shape index (κ3) is 6.22. The summed E-state index contributed by atoms with van der Waals surface area (Å²) in [5.41, 5.74) is 1.23. The molecule has 4 heteroatoms. The molecule has 0 radical (unpaired) electrons. The average Bonchev–Trinajstić information content (AvgIpc) is 2.32. The number of amidine groups is 1. The maximum Gasteiger partial charge on any atom is 0.222 e. The number of nitrogens with zero attached hydrogens (tertiary/aromatic N) is 3. The summed E-state index contributed by atoms with van der Waals surface area (Å²) < 4.78 is 0. The van der Waals surface area contributed by atoms with E-state index >= 15 is 0 Å². The fourth-order valence-electron chi connectivity index (χ4n) is 0.886. The first-order valence-electron chi connectivity index (χ1n) is 4.72. The molecule has 0 aromatic carbocycles. The Morgan fingerprint density at radius 1 is 1.06 bits per heavy atom. The summed E-state index contributed by atoms with van der Waals surface area (Å²) in [6.07, 6.45) is 9.19. The summed E-state index contributed by atoms with van der Waals surface area (Å²) in [5, 5.41) is 0.0665. The highest BCUT2D eigenvalue weighted by molar-refractivity contribution is 6.66. The van der Waals surface area contributed by atoms with E-state index in [0.29, 0.717) is 11.3 Å². The second-order valence-electron chi connectivity index (χ2n) is 2.60. The summed E-state index contributed by atoms with van der Waals surface area (Å²) in [4.78, 5) is 11.7. The van der Waals surface area contributed by atoms with Gasteiger partial charge in [0.05, 0.1) is 5.71 Å². The minimum Gasteiger partial charge on any atom is -0.265 e. The zero-order valence-electron chi connectivity index (χ0n) is 9.51. The van der Waals surface area contributed by atoms with Crippen molar-refractivity contribution in [2.24, 2.45) is 15.0 Å². The molecule has 0 aliphatic rings. The lowest BCUT2D eigenvalue weighted by Crippen LogP contribution is -2.02. The monoisotopic (exact) mass is 247 g/mol. The van der Waals surface area contributed by atoms with Crippen molar-refractivity contribution in [1.29, 1.82) is 0 Å². The van der Waals surface area contributed by atoms with Crippen LogP contribution in [0.1, 0.15) is 0 Å². The van der Waals surface area contributed by atoms with Crippen LogP contribution in [0.5, 0.6) is 0 Å². The molecule has 0 saturated heterocycles. The van der Waals surface area contributed by atoms with Gasteiger partial charge in [-0.05, 0) is 17.7 Å². The van der Waals surface area contributed by atoms with Crippen LogP contribution >= 0.6 is 11.6 Å². The fraction of sp³-hybridized carbons (Fsp3) is 0. The Bertz CT molecular complexity index is 426. The molecule has 0 aliphatic carbocycles. The van der Waals surface area contributed by atoms with Crippen molar-refractivity contribution in [3.63, 3.8) is 0 Å². The number of aliphatic imine (C=N–C) groups is 3. The van der Waals surface area contributed by atoms with Gasteiger partial charge in [-0.2, -0.15) is 0 Å². The molecule has 0 rings (SSSR count). The Hall–Kier alpha value is -2.00. The highest BCUT2D eigenvalue weighted by Crippen LogP contribution is 2.02. The largest absolute Gasteiger partial charge is 0.265 e. The van der Waals surface area contributed by atoms with Crippen LogP contribution in [0, 0.1) is 0 Å². The molecule has 0 saturated carbocycles. The lowest BCUT2D eigenvalue weighted by molar-refractivity contribution is 1.54. The van der Waals surface area contributed by atoms with Crippen LogP contribution in [0.4, 0.5) is 0 Å². The minimum atomic E-state index is 0.0665. The van der Waals surface area contributed by atoms with Gasteiger partial charge >= 0.3 is 0 Å². The quantitative estimate of drug-likeness (QED) is 0.297. The summed E-state index contributed by atoms with van der Waals surface area (Å²) >= 11 is 5.76. The molecular weight excluding hydrogens is 234 g/mol. The van der Waals surface area contributed by atoms with Crippen molar-refractivity contribution in [2.45, 2.75) is 0 Å². The van der Waals surface area contributed by atoms with Crippen LogP contribution < -0.4 is 0 Å². The molecule has 88 valence electrons. The molecule has 0 atom stereocenters. The van der Waals surface area contributed by atoms with Gasteiger partial charge in [-0.1, -0.05) is 38.5 Å². The first-order valence-corrected chi connectivity index (χ1v) is 5.09. The molecule has 0 N–H and O–H groups in total. The Kier molecular flexibility index (Phi) is 8.15. The SMILES string of the molecule is C=C/C=C(\C=NC=C)C(C=C)=NC(Cl)=NC=C. The third-order valence-corrected chi connectivity index (χ3v) is 1.70. The zero-order valence-corrected chi connectivity index (χ0v) is 10.3. The van der Waals surface area contributed by atoms with E-state index in [1.807, 2.05) is 0 Å². The van der Waals surface area contributed by atoms with Crippen LogP contribution in [0.3, 0.4) is 0 Å². The van der Waals surface area contributed by atoms with E-state index in [1.54, 1.807) is 24.4 Å². The molecule has 17 heavy (non-hydrogen) atoms. The Labute approximate surface area is 107 Å². The highest BCUT2D eigenvalue weighted by atomic mass is 35.5. The highest BCUT2D eigenvalue weighted by Gasteiger charge is 2.01. The summed E-state index contributed by atoms with van der Waals surface area (Å²) in [6.45, 7) is 14.2. The van der Waals surface area contributed by atoms with E-state index in [2.05, 4.69) is 41.3 Å². The van der Waals surface area contributed by atoms with Crippen LogP contribution in [0.25, 0.3) is 0 Å². The van der Waals surface area contributed by atoms with Gasteiger partial charge in [-0.25, -0.2) is 9.98 Å². The molecule has 0 aromatic rings. The maximum atomic E-state index is 5.76. The molecule has 0 spiro atoms. The Morgan fingerprint density at radius 3 is 2.24 bits per heavy atom. The molecule has 0 aromatic heterocycles. The van der Waals surface area contributed by atoms with Crippen molar-refractivity contribution >= 4 is 28.8 Å². The Balaban J connectivity index is 5.38. The molecule has 0 fully saturated rings. The topological polar surface area (TPSA) is 37.1 Å². The first kappa shape index (κ1) is 15.0. The zero-order chi connectivity index (χ0) is 13.1. The number of allylic oxidation sites excluding steroid dienone is 4. The summed E-state index contributed by atoms with van der Waals surface area (Å²) in [6, 6.07) is 0. The number of rotatable bonds is 6. The van der Waals surface area contributed by atoms with E-state index < -0.39 is 0 Å². The second-order valence-corrected chi connectivity index (χ2v) is 2.94. The van der Waals surface area contributed by atoms with Crippen LogP contribution in [-0.4, -0.2) is 17.2 Å². The van der Waals surface area contributed by atoms with Crippen LogP contribution in [-0.2, 0) is 0 Å². The normalized spacial score (nSPS) is 13.6. The molecule has 0 amide bonds.